The number of aryl methyl sites for hydroxylation is 1. The largest absolute Gasteiger partial charge is 0.250 e. The standard InChI is InChI=1S/C13H15BrFN3/c1-2-18-13(16-9-17-18)7-11(8-14)10-3-5-12(15)6-4-10/h3-6,9,11H,2,7-8H2,1H3. The van der Waals surface area contributed by atoms with Crippen LogP contribution in [0.5, 0.6) is 0 Å². The minimum Gasteiger partial charge on any atom is -0.250 e. The fraction of sp³-hybridized carbons (Fsp3) is 0.385. The van der Waals surface area contributed by atoms with Crippen molar-refractivity contribution >= 4 is 15.9 Å². The van der Waals surface area contributed by atoms with Gasteiger partial charge in [-0.05, 0) is 24.6 Å². The Bertz CT molecular complexity index is 495. The molecule has 5 heteroatoms. The van der Waals surface area contributed by atoms with Crippen LogP contribution in [0.2, 0.25) is 0 Å². The van der Waals surface area contributed by atoms with E-state index in [0.717, 1.165) is 29.7 Å². The van der Waals surface area contributed by atoms with Crippen LogP contribution in [-0.2, 0) is 13.0 Å². The Balaban J connectivity index is 2.17. The van der Waals surface area contributed by atoms with Gasteiger partial charge in [0, 0.05) is 24.2 Å². The molecule has 0 saturated heterocycles. The molecule has 2 rings (SSSR count). The minimum absolute atomic E-state index is 0.205. The molecular formula is C13H15BrFN3. The van der Waals surface area contributed by atoms with Gasteiger partial charge < -0.3 is 0 Å². The zero-order chi connectivity index (χ0) is 13.0. The smallest absolute Gasteiger partial charge is 0.138 e. The predicted molar refractivity (Wildman–Crippen MR) is 72.3 cm³/mol. The van der Waals surface area contributed by atoms with Gasteiger partial charge in [0.2, 0.25) is 0 Å². The second-order valence-electron chi connectivity index (χ2n) is 4.10. The number of hydrogen-bond acceptors (Lipinski definition) is 2. The van der Waals surface area contributed by atoms with Gasteiger partial charge in [0.15, 0.2) is 0 Å². The fourth-order valence-corrected chi connectivity index (χ4v) is 2.53. The van der Waals surface area contributed by atoms with Crippen molar-refractivity contribution in [3.63, 3.8) is 0 Å². The molecule has 1 aromatic heterocycles. The monoisotopic (exact) mass is 311 g/mol. The number of aromatic nitrogens is 3. The number of alkyl halides is 1. The summed E-state index contributed by atoms with van der Waals surface area (Å²) in [5.41, 5.74) is 1.11. The molecule has 0 spiro atoms. The van der Waals surface area contributed by atoms with E-state index in [2.05, 4.69) is 26.0 Å². The molecule has 0 aliphatic carbocycles. The molecule has 2 aromatic rings. The average Bonchev–Trinajstić information content (AvgIpc) is 2.84. The number of benzene rings is 1. The van der Waals surface area contributed by atoms with Crippen LogP contribution in [0, 0.1) is 5.82 Å². The maximum absolute atomic E-state index is 12.9. The Kier molecular flexibility index (Phi) is 4.47. The van der Waals surface area contributed by atoms with Gasteiger partial charge in [-0.25, -0.2) is 9.37 Å². The quantitative estimate of drug-likeness (QED) is 0.794. The van der Waals surface area contributed by atoms with Crippen molar-refractivity contribution in [2.75, 3.05) is 5.33 Å². The van der Waals surface area contributed by atoms with E-state index >= 15 is 0 Å². The van der Waals surface area contributed by atoms with Gasteiger partial charge in [0.05, 0.1) is 0 Å². The highest BCUT2D eigenvalue weighted by atomic mass is 79.9. The third-order valence-corrected chi connectivity index (χ3v) is 3.73. The lowest BCUT2D eigenvalue weighted by molar-refractivity contribution is 0.590. The van der Waals surface area contributed by atoms with Gasteiger partial charge in [-0.3, -0.25) is 4.68 Å². The van der Waals surface area contributed by atoms with Gasteiger partial charge in [-0.2, -0.15) is 5.10 Å². The average molecular weight is 312 g/mol. The Labute approximate surface area is 114 Å². The third kappa shape index (κ3) is 2.96. The molecule has 1 aromatic carbocycles. The van der Waals surface area contributed by atoms with Crippen molar-refractivity contribution < 1.29 is 4.39 Å². The molecule has 0 radical (unpaired) electrons. The van der Waals surface area contributed by atoms with Crippen LogP contribution < -0.4 is 0 Å². The van der Waals surface area contributed by atoms with E-state index in [1.807, 2.05) is 23.7 Å². The van der Waals surface area contributed by atoms with Crippen LogP contribution in [0.4, 0.5) is 4.39 Å². The van der Waals surface area contributed by atoms with Crippen LogP contribution in [0.25, 0.3) is 0 Å². The molecule has 18 heavy (non-hydrogen) atoms. The Morgan fingerprint density at radius 1 is 1.33 bits per heavy atom. The van der Waals surface area contributed by atoms with E-state index in [4.69, 9.17) is 0 Å². The molecule has 1 unspecified atom stereocenters. The van der Waals surface area contributed by atoms with Crippen molar-refractivity contribution in [1.82, 2.24) is 14.8 Å². The number of nitrogens with zero attached hydrogens (tertiary/aromatic N) is 3. The van der Waals surface area contributed by atoms with E-state index in [-0.39, 0.29) is 11.7 Å². The first-order valence-corrected chi connectivity index (χ1v) is 7.04. The molecular weight excluding hydrogens is 297 g/mol. The zero-order valence-electron chi connectivity index (χ0n) is 10.2. The van der Waals surface area contributed by atoms with Crippen molar-refractivity contribution in [1.29, 1.82) is 0 Å². The second-order valence-corrected chi connectivity index (χ2v) is 4.75. The highest BCUT2D eigenvalue weighted by molar-refractivity contribution is 9.09. The predicted octanol–water partition coefficient (Wildman–Crippen LogP) is 3.16. The SMILES string of the molecule is CCn1ncnc1CC(CBr)c1ccc(F)cc1. The van der Waals surface area contributed by atoms with Gasteiger partial charge in [-0.15, -0.1) is 0 Å². The van der Waals surface area contributed by atoms with Crippen LogP contribution in [0.1, 0.15) is 24.2 Å². The first kappa shape index (κ1) is 13.2. The number of halogens is 2. The van der Waals surface area contributed by atoms with E-state index in [1.165, 1.54) is 12.1 Å². The Morgan fingerprint density at radius 3 is 2.67 bits per heavy atom. The molecule has 96 valence electrons. The van der Waals surface area contributed by atoms with Crippen molar-refractivity contribution in [3.8, 4) is 0 Å². The molecule has 0 aliphatic rings. The molecule has 0 N–H and O–H groups in total. The van der Waals surface area contributed by atoms with Gasteiger partial charge in [-0.1, -0.05) is 28.1 Å². The highest BCUT2D eigenvalue weighted by Gasteiger charge is 2.14. The zero-order valence-corrected chi connectivity index (χ0v) is 11.8. The normalized spacial score (nSPS) is 12.6. The highest BCUT2D eigenvalue weighted by Crippen LogP contribution is 2.22. The van der Waals surface area contributed by atoms with Gasteiger partial charge in [0.1, 0.15) is 18.0 Å². The van der Waals surface area contributed by atoms with E-state index in [0.29, 0.717) is 0 Å². The first-order valence-electron chi connectivity index (χ1n) is 5.92. The summed E-state index contributed by atoms with van der Waals surface area (Å²) >= 11 is 3.51. The summed E-state index contributed by atoms with van der Waals surface area (Å²) in [5.74, 6) is 1.04. The maximum atomic E-state index is 12.9. The lowest BCUT2D eigenvalue weighted by atomic mass is 9.97. The second kappa shape index (κ2) is 6.09. The minimum atomic E-state index is -0.205. The van der Waals surface area contributed by atoms with E-state index in [1.54, 1.807) is 6.33 Å². The third-order valence-electron chi connectivity index (χ3n) is 2.95. The van der Waals surface area contributed by atoms with Crippen molar-refractivity contribution in [2.45, 2.75) is 25.8 Å². The van der Waals surface area contributed by atoms with E-state index in [9.17, 15) is 4.39 Å². The molecule has 0 saturated carbocycles. The number of rotatable bonds is 5. The number of hydrogen-bond donors (Lipinski definition) is 0. The van der Waals surface area contributed by atoms with Gasteiger partial charge >= 0.3 is 0 Å². The molecule has 3 nitrogen and oxygen atoms in total. The Morgan fingerprint density at radius 2 is 2.06 bits per heavy atom. The molecule has 0 bridgehead atoms. The summed E-state index contributed by atoms with van der Waals surface area (Å²) in [5, 5.41) is 4.97. The fourth-order valence-electron chi connectivity index (χ4n) is 1.93. The molecule has 0 fully saturated rings. The topological polar surface area (TPSA) is 30.7 Å². The summed E-state index contributed by atoms with van der Waals surface area (Å²) in [4.78, 5) is 4.27. The van der Waals surface area contributed by atoms with Gasteiger partial charge in [0.25, 0.3) is 0 Å². The van der Waals surface area contributed by atoms with Crippen LogP contribution in [0.3, 0.4) is 0 Å². The summed E-state index contributed by atoms with van der Waals surface area (Å²) in [6.07, 6.45) is 2.37. The summed E-state index contributed by atoms with van der Waals surface area (Å²) in [6, 6.07) is 6.65. The summed E-state index contributed by atoms with van der Waals surface area (Å²) in [6.45, 7) is 2.85. The maximum Gasteiger partial charge on any atom is 0.138 e. The Hall–Kier alpha value is -1.23. The lowest BCUT2D eigenvalue weighted by Crippen LogP contribution is -2.11. The molecule has 0 amide bonds. The molecule has 0 aliphatic heterocycles. The molecule has 1 atom stereocenters. The van der Waals surface area contributed by atoms with Crippen LogP contribution >= 0.6 is 15.9 Å². The lowest BCUT2D eigenvalue weighted by Gasteiger charge is -2.14. The summed E-state index contributed by atoms with van der Waals surface area (Å²) < 4.78 is 14.8. The van der Waals surface area contributed by atoms with Crippen LogP contribution in [-0.4, -0.2) is 20.1 Å². The summed E-state index contributed by atoms with van der Waals surface area (Å²) in [7, 11) is 0. The van der Waals surface area contributed by atoms with Crippen molar-refractivity contribution in [2.24, 2.45) is 0 Å². The van der Waals surface area contributed by atoms with E-state index < -0.39 is 0 Å². The first-order chi connectivity index (χ1) is 8.74. The van der Waals surface area contributed by atoms with Crippen LogP contribution in [0.15, 0.2) is 30.6 Å². The molecule has 1 heterocycles. The van der Waals surface area contributed by atoms with Crippen molar-refractivity contribution in [3.05, 3.63) is 47.8 Å².